The Morgan fingerprint density at radius 2 is 2.07 bits per heavy atom. The van der Waals surface area contributed by atoms with Gasteiger partial charge in [-0.3, -0.25) is 0 Å². The molecule has 2 rings (SSSR count). The zero-order valence-corrected chi connectivity index (χ0v) is 11.2. The zero-order chi connectivity index (χ0) is 10.8. The second-order valence-electron chi connectivity index (χ2n) is 2.61. The van der Waals surface area contributed by atoms with Crippen LogP contribution in [0.5, 0.6) is 0 Å². The molecule has 1 aromatic carbocycles. The van der Waals surface area contributed by atoms with Crippen molar-refractivity contribution in [1.82, 2.24) is 4.98 Å². The first kappa shape index (κ1) is 11.2. The van der Waals surface area contributed by atoms with E-state index >= 15 is 0 Å². The van der Waals surface area contributed by atoms with Crippen molar-refractivity contribution in [2.24, 2.45) is 0 Å². The van der Waals surface area contributed by atoms with E-state index in [1.807, 2.05) is 24.3 Å². The molecule has 0 N–H and O–H groups in total. The van der Waals surface area contributed by atoms with Gasteiger partial charge in [0, 0.05) is 0 Å². The van der Waals surface area contributed by atoms with E-state index < -0.39 is 30.8 Å². The third kappa shape index (κ3) is 2.61. The molecule has 0 bridgehead atoms. The van der Waals surface area contributed by atoms with E-state index in [2.05, 4.69) is 4.98 Å². The van der Waals surface area contributed by atoms with Crippen LogP contribution < -0.4 is 0 Å². The molecule has 1 aromatic heterocycles. The standard InChI is InChI=1S/C9H4ClNO2STe/c10-7(12)8(13)14-9-11-5-3-1-2-4-6(5)15-9/h1-4H. The van der Waals surface area contributed by atoms with E-state index in [9.17, 15) is 9.59 Å². The topological polar surface area (TPSA) is 47.0 Å². The average Bonchev–Trinajstić information content (AvgIpc) is 2.59. The van der Waals surface area contributed by atoms with Gasteiger partial charge in [-0.2, -0.15) is 0 Å². The van der Waals surface area contributed by atoms with Crippen LogP contribution in [0.3, 0.4) is 0 Å². The quantitative estimate of drug-likeness (QED) is 0.357. The maximum absolute atomic E-state index is 11.1. The molecule has 0 saturated carbocycles. The SMILES string of the molecule is O=C(Cl)C(=O)Sc1nc2ccccc2[te]1. The predicted octanol–water partition coefficient (Wildman–Crippen LogP) is 1.68. The Kier molecular flexibility index (Phi) is 3.47. The van der Waals surface area contributed by atoms with Crippen molar-refractivity contribution in [2.75, 3.05) is 0 Å². The first-order valence-electron chi connectivity index (χ1n) is 3.94. The van der Waals surface area contributed by atoms with Crippen molar-refractivity contribution >= 4 is 63.1 Å². The number of carbonyl (C=O) groups excluding carboxylic acids is 2. The summed E-state index contributed by atoms with van der Waals surface area (Å²) in [6.45, 7) is 0. The van der Waals surface area contributed by atoms with Crippen LogP contribution in [0.25, 0.3) is 8.92 Å². The first-order chi connectivity index (χ1) is 7.16. The van der Waals surface area contributed by atoms with Crippen molar-refractivity contribution in [3.63, 3.8) is 0 Å². The molecule has 15 heavy (non-hydrogen) atoms. The summed E-state index contributed by atoms with van der Waals surface area (Å²) in [5.74, 6) is 0. The molecule has 0 spiro atoms. The van der Waals surface area contributed by atoms with Gasteiger partial charge < -0.3 is 0 Å². The van der Waals surface area contributed by atoms with Crippen LogP contribution in [-0.4, -0.2) is 35.8 Å². The van der Waals surface area contributed by atoms with Crippen LogP contribution in [0.4, 0.5) is 0 Å². The van der Waals surface area contributed by atoms with Gasteiger partial charge in [-0.05, 0) is 0 Å². The van der Waals surface area contributed by atoms with Crippen molar-refractivity contribution < 1.29 is 9.59 Å². The van der Waals surface area contributed by atoms with Crippen molar-refractivity contribution in [3.05, 3.63) is 24.3 Å². The van der Waals surface area contributed by atoms with Crippen LogP contribution in [0.15, 0.2) is 27.3 Å². The van der Waals surface area contributed by atoms with E-state index in [1.54, 1.807) is 0 Å². The van der Waals surface area contributed by atoms with Crippen molar-refractivity contribution in [2.45, 2.75) is 3.04 Å². The maximum atomic E-state index is 11.1. The number of carbonyl (C=O) groups is 2. The van der Waals surface area contributed by atoms with Crippen LogP contribution in [0.2, 0.25) is 0 Å². The number of thioether (sulfide) groups is 1. The van der Waals surface area contributed by atoms with Crippen molar-refractivity contribution in [3.8, 4) is 0 Å². The Morgan fingerprint density at radius 1 is 1.33 bits per heavy atom. The molecule has 0 unspecified atom stereocenters. The third-order valence-corrected chi connectivity index (χ3v) is 6.18. The molecule has 3 nitrogen and oxygen atoms in total. The molecule has 0 fully saturated rings. The van der Waals surface area contributed by atoms with Crippen LogP contribution in [0.1, 0.15) is 0 Å². The fourth-order valence-electron chi connectivity index (χ4n) is 1.01. The minimum absolute atomic E-state index is 0.606. The predicted molar refractivity (Wildman–Crippen MR) is 60.4 cm³/mol. The zero-order valence-electron chi connectivity index (χ0n) is 7.27. The van der Waals surface area contributed by atoms with Gasteiger partial charge in [-0.15, -0.1) is 0 Å². The van der Waals surface area contributed by atoms with Gasteiger partial charge in [0.1, 0.15) is 0 Å². The summed E-state index contributed by atoms with van der Waals surface area (Å²) in [5, 5.41) is -1.58. The molecular formula is C9H4ClNO2STe. The minimum atomic E-state index is -0.939. The number of aromatic nitrogens is 1. The summed E-state index contributed by atoms with van der Waals surface area (Å²) in [5.41, 5.74) is 0.914. The molecule has 1 heterocycles. The van der Waals surface area contributed by atoms with Gasteiger partial charge in [-0.1, -0.05) is 0 Å². The molecule has 6 heteroatoms. The normalized spacial score (nSPS) is 10.5. The molecule has 0 atom stereocenters. The second kappa shape index (κ2) is 4.67. The van der Waals surface area contributed by atoms with Crippen LogP contribution >= 0.6 is 23.4 Å². The number of halogens is 1. The molecule has 0 radical (unpaired) electrons. The number of rotatable bonds is 2. The Labute approximate surface area is 104 Å². The molecule has 0 aliphatic heterocycles. The second-order valence-corrected chi connectivity index (χ2v) is 7.66. The monoisotopic (exact) mass is 355 g/mol. The van der Waals surface area contributed by atoms with Gasteiger partial charge in [0.15, 0.2) is 0 Å². The summed E-state index contributed by atoms with van der Waals surface area (Å²) in [6, 6.07) is 7.75. The van der Waals surface area contributed by atoms with Crippen molar-refractivity contribution in [1.29, 1.82) is 0 Å². The Morgan fingerprint density at radius 3 is 2.73 bits per heavy atom. The van der Waals surface area contributed by atoms with Gasteiger partial charge >= 0.3 is 105 Å². The van der Waals surface area contributed by atoms with E-state index in [0.717, 1.165) is 20.3 Å². The summed E-state index contributed by atoms with van der Waals surface area (Å²) >= 11 is 5.32. The average molecular weight is 353 g/mol. The van der Waals surface area contributed by atoms with Gasteiger partial charge in [-0.25, -0.2) is 0 Å². The molecule has 0 aliphatic carbocycles. The Bertz CT molecular complexity index is 507. The summed E-state index contributed by atoms with van der Waals surface area (Å²) in [6.07, 6.45) is 0. The summed E-state index contributed by atoms with van der Waals surface area (Å²) in [4.78, 5) is 25.9. The fraction of sp³-hybridized carbons (Fsp3) is 0. The molecule has 0 aliphatic rings. The fourth-order valence-corrected chi connectivity index (χ4v) is 5.15. The third-order valence-electron chi connectivity index (χ3n) is 1.61. The molecular weight excluding hydrogens is 349 g/mol. The van der Waals surface area contributed by atoms with Crippen LogP contribution in [-0.2, 0) is 9.59 Å². The van der Waals surface area contributed by atoms with Gasteiger partial charge in [0.2, 0.25) is 0 Å². The Hall–Kier alpha value is -0.340. The van der Waals surface area contributed by atoms with E-state index in [4.69, 9.17) is 11.6 Å². The number of benzene rings is 1. The number of hydrogen-bond acceptors (Lipinski definition) is 4. The number of fused-ring (bicyclic) bond motifs is 1. The van der Waals surface area contributed by atoms with E-state index in [-0.39, 0.29) is 0 Å². The molecule has 76 valence electrons. The van der Waals surface area contributed by atoms with E-state index in [1.165, 1.54) is 3.40 Å². The number of para-hydroxylation sites is 1. The summed E-state index contributed by atoms with van der Waals surface area (Å²) in [7, 11) is 0. The van der Waals surface area contributed by atoms with E-state index in [0.29, 0.717) is 0 Å². The summed E-state index contributed by atoms with van der Waals surface area (Å²) < 4.78 is 1.95. The first-order valence-corrected chi connectivity index (χ1v) is 7.46. The van der Waals surface area contributed by atoms with Crippen LogP contribution in [0, 0.1) is 0 Å². The van der Waals surface area contributed by atoms with Gasteiger partial charge in [0.05, 0.1) is 0 Å². The number of nitrogens with zero attached hydrogens (tertiary/aromatic N) is 1. The Balaban J connectivity index is 2.30. The number of hydrogen-bond donors (Lipinski definition) is 0. The molecule has 0 amide bonds. The molecule has 2 aromatic rings. The molecule has 0 saturated heterocycles. The van der Waals surface area contributed by atoms with Gasteiger partial charge in [0.25, 0.3) is 0 Å².